The van der Waals surface area contributed by atoms with E-state index in [1.807, 2.05) is 6.07 Å². The highest BCUT2D eigenvalue weighted by molar-refractivity contribution is 9.10. The maximum atomic E-state index is 8.35. The van der Waals surface area contributed by atoms with Crippen LogP contribution in [-0.4, -0.2) is 0 Å². The van der Waals surface area contributed by atoms with Crippen LogP contribution < -0.4 is 5.73 Å². The smallest absolute Gasteiger partial charge is 0.105 e. The first-order chi connectivity index (χ1) is 5.25. The highest BCUT2D eigenvalue weighted by Crippen LogP contribution is 2.24. The van der Waals surface area contributed by atoms with Gasteiger partial charge in [-0.3, -0.25) is 0 Å². The Hall–Kier alpha value is -0.790. The first kappa shape index (κ1) is 8.31. The summed E-state index contributed by atoms with van der Waals surface area (Å²) >= 11 is 3.25. The Kier molecular flexibility index (Phi) is 2.69. The summed E-state index contributed by atoms with van der Waals surface area (Å²) in [6.07, 6.45) is 3.40. The lowest BCUT2D eigenvalue weighted by atomic mass is 10.1. The van der Waals surface area contributed by atoms with Gasteiger partial charge in [-0.05, 0) is 15.9 Å². The molecule has 4 heteroatoms. The molecule has 0 saturated heterocycles. The van der Waals surface area contributed by atoms with Crippen LogP contribution in [0.3, 0.4) is 0 Å². The Morgan fingerprint density at radius 1 is 1.73 bits per heavy atom. The van der Waals surface area contributed by atoms with Gasteiger partial charge in [0, 0.05) is 11.6 Å². The van der Waals surface area contributed by atoms with Crippen LogP contribution in [0.25, 0.3) is 0 Å². The second-order valence-electron chi connectivity index (χ2n) is 2.14. The van der Waals surface area contributed by atoms with Gasteiger partial charge in [0.1, 0.15) is 6.26 Å². The fourth-order valence-electron chi connectivity index (χ4n) is 0.764. The Morgan fingerprint density at radius 3 is 2.91 bits per heavy atom. The van der Waals surface area contributed by atoms with E-state index >= 15 is 0 Å². The van der Waals surface area contributed by atoms with E-state index in [0.29, 0.717) is 6.42 Å². The van der Waals surface area contributed by atoms with E-state index in [9.17, 15) is 0 Å². The molecule has 0 amide bonds. The van der Waals surface area contributed by atoms with E-state index < -0.39 is 0 Å². The van der Waals surface area contributed by atoms with Gasteiger partial charge >= 0.3 is 0 Å². The van der Waals surface area contributed by atoms with Gasteiger partial charge in [-0.2, -0.15) is 5.26 Å². The average molecular weight is 215 g/mol. The number of hydrogen-bond donors (Lipinski definition) is 1. The number of furan rings is 1. The van der Waals surface area contributed by atoms with Crippen molar-refractivity contribution in [1.29, 1.82) is 5.26 Å². The second kappa shape index (κ2) is 3.56. The number of hydrogen-bond acceptors (Lipinski definition) is 3. The third kappa shape index (κ3) is 1.82. The Bertz CT molecular complexity index is 276. The molecule has 1 heterocycles. The normalized spacial score (nSPS) is 12.5. The zero-order chi connectivity index (χ0) is 8.27. The number of nitriles is 1. The van der Waals surface area contributed by atoms with Gasteiger partial charge in [-0.15, -0.1) is 0 Å². The molecular weight excluding hydrogens is 208 g/mol. The number of nitrogens with zero attached hydrogens (tertiary/aromatic N) is 1. The van der Waals surface area contributed by atoms with Crippen molar-refractivity contribution < 1.29 is 4.42 Å². The molecular formula is C7H7BrN2O. The van der Waals surface area contributed by atoms with Gasteiger partial charge in [-0.1, -0.05) is 0 Å². The van der Waals surface area contributed by atoms with Crippen LogP contribution in [0, 0.1) is 11.3 Å². The maximum absolute atomic E-state index is 8.35. The van der Waals surface area contributed by atoms with Crippen LogP contribution in [0.1, 0.15) is 18.0 Å². The predicted molar refractivity (Wildman–Crippen MR) is 43.6 cm³/mol. The quantitative estimate of drug-likeness (QED) is 0.819. The standard InChI is InChI=1S/C7H7BrN2O/c8-6-4-11-3-5(6)7(10)1-2-9/h3-4,7H,1,10H2. The first-order valence-electron chi connectivity index (χ1n) is 3.10. The zero-order valence-corrected chi connectivity index (χ0v) is 7.34. The molecule has 1 aromatic heterocycles. The summed E-state index contributed by atoms with van der Waals surface area (Å²) in [5.41, 5.74) is 6.48. The van der Waals surface area contributed by atoms with Crippen molar-refractivity contribution in [2.45, 2.75) is 12.5 Å². The van der Waals surface area contributed by atoms with Gasteiger partial charge in [0.05, 0.1) is 23.2 Å². The summed E-state index contributed by atoms with van der Waals surface area (Å²) in [6, 6.07) is 1.74. The molecule has 0 aliphatic heterocycles. The molecule has 11 heavy (non-hydrogen) atoms. The SMILES string of the molecule is N#CCC(N)c1cocc1Br. The molecule has 0 fully saturated rings. The van der Waals surface area contributed by atoms with Crippen LogP contribution >= 0.6 is 15.9 Å². The summed E-state index contributed by atoms with van der Waals surface area (Å²) in [5.74, 6) is 0. The van der Waals surface area contributed by atoms with Crippen molar-refractivity contribution in [2.75, 3.05) is 0 Å². The molecule has 3 nitrogen and oxygen atoms in total. The molecule has 0 spiro atoms. The fourth-order valence-corrected chi connectivity index (χ4v) is 1.26. The topological polar surface area (TPSA) is 63.0 Å². The Balaban J connectivity index is 2.77. The van der Waals surface area contributed by atoms with Crippen LogP contribution in [-0.2, 0) is 0 Å². The lowest BCUT2D eigenvalue weighted by molar-refractivity contribution is 0.558. The van der Waals surface area contributed by atoms with Crippen LogP contribution in [0.2, 0.25) is 0 Å². The van der Waals surface area contributed by atoms with E-state index in [2.05, 4.69) is 15.9 Å². The van der Waals surface area contributed by atoms with Crippen molar-refractivity contribution in [3.05, 3.63) is 22.6 Å². The molecule has 1 rings (SSSR count). The summed E-state index contributed by atoms with van der Waals surface area (Å²) < 4.78 is 5.70. The molecule has 58 valence electrons. The number of rotatable bonds is 2. The second-order valence-corrected chi connectivity index (χ2v) is 3.00. The molecule has 1 atom stereocenters. The molecule has 1 aromatic rings. The molecule has 0 aliphatic carbocycles. The highest BCUT2D eigenvalue weighted by atomic mass is 79.9. The van der Waals surface area contributed by atoms with E-state index in [4.69, 9.17) is 15.4 Å². The molecule has 2 N–H and O–H groups in total. The van der Waals surface area contributed by atoms with Gasteiger partial charge in [-0.25, -0.2) is 0 Å². The predicted octanol–water partition coefficient (Wildman–Crippen LogP) is 1.96. The van der Waals surface area contributed by atoms with Gasteiger partial charge in [0.25, 0.3) is 0 Å². The average Bonchev–Trinajstić information content (AvgIpc) is 2.36. The molecule has 0 aromatic carbocycles. The third-order valence-electron chi connectivity index (χ3n) is 1.35. The van der Waals surface area contributed by atoms with Gasteiger partial charge in [0.2, 0.25) is 0 Å². The van der Waals surface area contributed by atoms with E-state index in [-0.39, 0.29) is 6.04 Å². The largest absolute Gasteiger partial charge is 0.471 e. The van der Waals surface area contributed by atoms with E-state index in [1.165, 1.54) is 0 Å². The fraction of sp³-hybridized carbons (Fsp3) is 0.286. The lowest BCUT2D eigenvalue weighted by Gasteiger charge is -2.02. The maximum Gasteiger partial charge on any atom is 0.105 e. The molecule has 0 bridgehead atoms. The lowest BCUT2D eigenvalue weighted by Crippen LogP contribution is -2.08. The Morgan fingerprint density at radius 2 is 2.45 bits per heavy atom. The monoisotopic (exact) mass is 214 g/mol. The molecule has 1 unspecified atom stereocenters. The zero-order valence-electron chi connectivity index (χ0n) is 5.75. The third-order valence-corrected chi connectivity index (χ3v) is 2.00. The van der Waals surface area contributed by atoms with Crippen molar-refractivity contribution >= 4 is 15.9 Å². The van der Waals surface area contributed by atoms with Crippen LogP contribution in [0.5, 0.6) is 0 Å². The minimum atomic E-state index is -0.256. The highest BCUT2D eigenvalue weighted by Gasteiger charge is 2.10. The van der Waals surface area contributed by atoms with E-state index in [0.717, 1.165) is 10.0 Å². The minimum absolute atomic E-state index is 0.256. The van der Waals surface area contributed by atoms with Crippen molar-refractivity contribution in [1.82, 2.24) is 0 Å². The van der Waals surface area contributed by atoms with Crippen molar-refractivity contribution in [3.63, 3.8) is 0 Å². The van der Waals surface area contributed by atoms with E-state index in [1.54, 1.807) is 12.5 Å². The minimum Gasteiger partial charge on any atom is -0.471 e. The summed E-state index contributed by atoms with van der Waals surface area (Å²) in [5, 5.41) is 8.35. The van der Waals surface area contributed by atoms with Crippen molar-refractivity contribution in [3.8, 4) is 6.07 Å². The number of nitrogens with two attached hydrogens (primary N) is 1. The van der Waals surface area contributed by atoms with Crippen LogP contribution in [0.15, 0.2) is 21.4 Å². The summed E-state index contributed by atoms with van der Waals surface area (Å²) in [7, 11) is 0. The summed E-state index contributed by atoms with van der Waals surface area (Å²) in [6.45, 7) is 0. The Labute approximate surface area is 72.9 Å². The molecule has 0 radical (unpaired) electrons. The summed E-state index contributed by atoms with van der Waals surface area (Å²) in [4.78, 5) is 0. The first-order valence-corrected chi connectivity index (χ1v) is 3.89. The van der Waals surface area contributed by atoms with Crippen LogP contribution in [0.4, 0.5) is 0 Å². The number of halogens is 1. The van der Waals surface area contributed by atoms with Gasteiger partial charge in [0.15, 0.2) is 0 Å². The molecule has 0 saturated carbocycles. The van der Waals surface area contributed by atoms with Gasteiger partial charge < -0.3 is 10.2 Å². The van der Waals surface area contributed by atoms with Crippen molar-refractivity contribution in [2.24, 2.45) is 5.73 Å². The molecule has 0 aliphatic rings.